The van der Waals surface area contributed by atoms with Crippen molar-refractivity contribution in [3.05, 3.63) is 70.3 Å². The van der Waals surface area contributed by atoms with Crippen LogP contribution in [0.15, 0.2) is 58.5 Å². The van der Waals surface area contributed by atoms with Gasteiger partial charge in [0.15, 0.2) is 10.9 Å². The molecule has 0 bridgehead atoms. The number of thioether (sulfide) groups is 1. The maximum Gasteiger partial charge on any atom is 0.262 e. The molecular formula is C22H23FN2O2S. The molecule has 1 aromatic heterocycles. The van der Waals surface area contributed by atoms with E-state index in [1.165, 1.54) is 36.0 Å². The minimum Gasteiger partial charge on any atom is -0.293 e. The van der Waals surface area contributed by atoms with Gasteiger partial charge in [-0.1, -0.05) is 50.1 Å². The van der Waals surface area contributed by atoms with Gasteiger partial charge in [0.2, 0.25) is 0 Å². The lowest BCUT2D eigenvalue weighted by molar-refractivity contribution is 0.102. The molecule has 0 amide bonds. The summed E-state index contributed by atoms with van der Waals surface area (Å²) in [5, 5.41) is 1.14. The van der Waals surface area contributed by atoms with Gasteiger partial charge < -0.3 is 0 Å². The van der Waals surface area contributed by atoms with E-state index in [1.54, 1.807) is 10.6 Å². The topological polar surface area (TPSA) is 52.0 Å². The van der Waals surface area contributed by atoms with Crippen molar-refractivity contribution in [1.82, 2.24) is 9.55 Å². The second-order valence-electron chi connectivity index (χ2n) is 6.65. The highest BCUT2D eigenvalue weighted by atomic mass is 32.2. The van der Waals surface area contributed by atoms with Crippen LogP contribution in [0.3, 0.4) is 0 Å². The Morgan fingerprint density at radius 3 is 2.57 bits per heavy atom. The van der Waals surface area contributed by atoms with Gasteiger partial charge in [-0.3, -0.25) is 14.2 Å². The van der Waals surface area contributed by atoms with Crippen LogP contribution in [0.4, 0.5) is 4.39 Å². The van der Waals surface area contributed by atoms with E-state index in [-0.39, 0.29) is 22.9 Å². The Balaban J connectivity index is 1.84. The Kier molecular flexibility index (Phi) is 6.98. The molecule has 28 heavy (non-hydrogen) atoms. The first kappa shape index (κ1) is 20.3. The van der Waals surface area contributed by atoms with Crippen LogP contribution in [0, 0.1) is 5.82 Å². The van der Waals surface area contributed by atoms with Crippen molar-refractivity contribution in [2.24, 2.45) is 0 Å². The van der Waals surface area contributed by atoms with Crippen molar-refractivity contribution in [1.29, 1.82) is 0 Å². The number of carbonyl (C=O) groups is 1. The van der Waals surface area contributed by atoms with Gasteiger partial charge in [0, 0.05) is 12.1 Å². The normalized spacial score (nSPS) is 11.1. The molecule has 1 heterocycles. The van der Waals surface area contributed by atoms with Gasteiger partial charge in [-0.25, -0.2) is 9.37 Å². The number of hydrogen-bond acceptors (Lipinski definition) is 4. The second kappa shape index (κ2) is 9.64. The number of fused-ring (bicyclic) bond motifs is 1. The smallest absolute Gasteiger partial charge is 0.262 e. The number of rotatable bonds is 9. The van der Waals surface area contributed by atoms with Crippen molar-refractivity contribution in [2.75, 3.05) is 5.75 Å². The van der Waals surface area contributed by atoms with E-state index < -0.39 is 0 Å². The average molecular weight is 399 g/mol. The lowest BCUT2D eigenvalue weighted by Gasteiger charge is -2.13. The van der Waals surface area contributed by atoms with E-state index in [1.807, 2.05) is 18.2 Å². The molecule has 0 saturated carbocycles. The molecule has 0 aliphatic heterocycles. The minimum atomic E-state index is -0.374. The molecule has 3 aromatic rings. The average Bonchev–Trinajstić information content (AvgIpc) is 2.71. The molecule has 0 aliphatic carbocycles. The third kappa shape index (κ3) is 4.87. The van der Waals surface area contributed by atoms with Crippen LogP contribution in [0.5, 0.6) is 0 Å². The lowest BCUT2D eigenvalue weighted by atomic mass is 10.1. The summed E-state index contributed by atoms with van der Waals surface area (Å²) < 4.78 is 14.7. The molecule has 4 nitrogen and oxygen atoms in total. The van der Waals surface area contributed by atoms with E-state index in [2.05, 4.69) is 11.9 Å². The Bertz CT molecular complexity index is 1020. The summed E-state index contributed by atoms with van der Waals surface area (Å²) in [4.78, 5) is 30.0. The molecule has 6 heteroatoms. The highest BCUT2D eigenvalue weighted by Crippen LogP contribution is 2.20. The number of halogens is 1. The molecule has 0 aliphatic rings. The number of carbonyl (C=O) groups excluding carboxylic acids is 1. The van der Waals surface area contributed by atoms with Gasteiger partial charge in [0.25, 0.3) is 5.56 Å². The zero-order valence-electron chi connectivity index (χ0n) is 15.9. The van der Waals surface area contributed by atoms with Crippen LogP contribution in [-0.2, 0) is 6.54 Å². The molecule has 146 valence electrons. The van der Waals surface area contributed by atoms with Crippen LogP contribution >= 0.6 is 11.8 Å². The van der Waals surface area contributed by atoms with E-state index in [0.717, 1.165) is 25.7 Å². The number of benzene rings is 2. The summed E-state index contributed by atoms with van der Waals surface area (Å²) >= 11 is 1.26. The number of para-hydroxylation sites is 1. The number of aromatic nitrogens is 2. The third-order valence-electron chi connectivity index (χ3n) is 4.56. The van der Waals surface area contributed by atoms with Crippen molar-refractivity contribution in [3.63, 3.8) is 0 Å². The highest BCUT2D eigenvalue weighted by Gasteiger charge is 2.14. The summed E-state index contributed by atoms with van der Waals surface area (Å²) in [7, 11) is 0. The second-order valence-corrected chi connectivity index (χ2v) is 7.59. The molecule has 0 N–H and O–H groups in total. The van der Waals surface area contributed by atoms with E-state index in [9.17, 15) is 14.0 Å². The Hall–Kier alpha value is -2.47. The van der Waals surface area contributed by atoms with E-state index in [0.29, 0.717) is 28.2 Å². The van der Waals surface area contributed by atoms with Gasteiger partial charge in [-0.15, -0.1) is 0 Å². The van der Waals surface area contributed by atoms with Crippen LogP contribution in [0.25, 0.3) is 10.9 Å². The predicted octanol–water partition coefficient (Wildman–Crippen LogP) is 5.09. The minimum absolute atomic E-state index is 0.0705. The fourth-order valence-corrected chi connectivity index (χ4v) is 3.92. The molecule has 0 radical (unpaired) electrons. The standard InChI is InChI=1S/C22H23FN2O2S/c1-2-3-4-7-14-25-21(27)18-8-5-6-9-19(18)24-22(25)28-15-20(26)16-10-12-17(23)13-11-16/h5-6,8-13H,2-4,7,14-15H2,1H3. The summed E-state index contributed by atoms with van der Waals surface area (Å²) in [6, 6.07) is 12.8. The first-order valence-electron chi connectivity index (χ1n) is 9.51. The first-order chi connectivity index (χ1) is 13.6. The summed E-state index contributed by atoms with van der Waals surface area (Å²) in [6.45, 7) is 2.73. The molecule has 2 aromatic carbocycles. The Morgan fingerprint density at radius 1 is 1.07 bits per heavy atom. The van der Waals surface area contributed by atoms with Gasteiger partial charge in [-0.05, 0) is 42.8 Å². The largest absolute Gasteiger partial charge is 0.293 e. The summed E-state index contributed by atoms with van der Waals surface area (Å²) in [5.74, 6) is -0.350. The quantitative estimate of drug-likeness (QED) is 0.218. The maximum absolute atomic E-state index is 13.1. The molecule has 0 unspecified atom stereocenters. The Morgan fingerprint density at radius 2 is 1.82 bits per heavy atom. The van der Waals surface area contributed by atoms with Crippen LogP contribution in [0.2, 0.25) is 0 Å². The van der Waals surface area contributed by atoms with Crippen LogP contribution in [0.1, 0.15) is 43.0 Å². The van der Waals surface area contributed by atoms with Crippen molar-refractivity contribution < 1.29 is 9.18 Å². The molecular weight excluding hydrogens is 375 g/mol. The number of unbranched alkanes of at least 4 members (excludes halogenated alkanes) is 3. The Labute approximate surface area is 167 Å². The molecule has 0 atom stereocenters. The molecule has 3 rings (SSSR count). The van der Waals surface area contributed by atoms with Crippen molar-refractivity contribution >= 4 is 28.4 Å². The van der Waals surface area contributed by atoms with Gasteiger partial charge >= 0.3 is 0 Å². The lowest BCUT2D eigenvalue weighted by Crippen LogP contribution is -2.24. The molecule has 0 fully saturated rings. The highest BCUT2D eigenvalue weighted by molar-refractivity contribution is 7.99. The first-order valence-corrected chi connectivity index (χ1v) is 10.5. The van der Waals surface area contributed by atoms with Crippen LogP contribution in [-0.4, -0.2) is 21.1 Å². The zero-order valence-corrected chi connectivity index (χ0v) is 16.7. The van der Waals surface area contributed by atoms with Crippen molar-refractivity contribution in [2.45, 2.75) is 44.3 Å². The summed E-state index contributed by atoms with van der Waals surface area (Å²) in [5.41, 5.74) is 1.01. The third-order valence-corrected chi connectivity index (χ3v) is 5.54. The number of Topliss-reactive ketones (excluding diaryl/α,β-unsaturated/α-hetero) is 1. The predicted molar refractivity (Wildman–Crippen MR) is 112 cm³/mol. The van der Waals surface area contributed by atoms with Gasteiger partial charge in [0.05, 0.1) is 16.7 Å². The van der Waals surface area contributed by atoms with Crippen LogP contribution < -0.4 is 5.56 Å². The number of hydrogen-bond donors (Lipinski definition) is 0. The zero-order chi connectivity index (χ0) is 19.9. The van der Waals surface area contributed by atoms with E-state index >= 15 is 0 Å². The molecule has 0 saturated heterocycles. The summed E-state index contributed by atoms with van der Waals surface area (Å²) in [6.07, 6.45) is 4.20. The van der Waals surface area contributed by atoms with E-state index in [4.69, 9.17) is 0 Å². The monoisotopic (exact) mass is 398 g/mol. The van der Waals surface area contributed by atoms with Gasteiger partial charge in [-0.2, -0.15) is 0 Å². The fourth-order valence-electron chi connectivity index (χ4n) is 3.00. The fraction of sp³-hybridized carbons (Fsp3) is 0.318. The SMILES string of the molecule is CCCCCCn1c(SCC(=O)c2ccc(F)cc2)nc2ccccc2c1=O. The number of ketones is 1. The van der Waals surface area contributed by atoms with Crippen molar-refractivity contribution in [3.8, 4) is 0 Å². The molecule has 0 spiro atoms. The number of nitrogens with zero attached hydrogens (tertiary/aromatic N) is 2. The maximum atomic E-state index is 13.1. The van der Waals surface area contributed by atoms with Gasteiger partial charge in [0.1, 0.15) is 5.82 Å².